The Labute approximate surface area is 239 Å². The van der Waals surface area contributed by atoms with E-state index < -0.39 is 18.5 Å². The molecule has 0 amide bonds. The average molecular weight is 564 g/mol. The monoisotopic (exact) mass is 563 g/mol. The van der Waals surface area contributed by atoms with Crippen molar-refractivity contribution in [3.63, 3.8) is 0 Å². The van der Waals surface area contributed by atoms with Crippen LogP contribution >= 0.6 is 0 Å². The van der Waals surface area contributed by atoms with E-state index in [1.807, 2.05) is 6.07 Å². The molecule has 1 N–H and O–H groups in total. The van der Waals surface area contributed by atoms with Gasteiger partial charge < -0.3 is 14.8 Å². The van der Waals surface area contributed by atoms with Gasteiger partial charge >= 0.3 is 5.97 Å². The predicted molar refractivity (Wildman–Crippen MR) is 156 cm³/mol. The summed E-state index contributed by atoms with van der Waals surface area (Å²) >= 11 is 0. The Morgan fingerprint density at radius 1 is 1.00 bits per heavy atom. The number of carboxylic acid groups (broad SMARTS) is 1. The molecule has 0 saturated carbocycles. The van der Waals surface area contributed by atoms with Gasteiger partial charge in [0.1, 0.15) is 18.8 Å². The average Bonchev–Trinajstić information content (AvgIpc) is 3.14. The van der Waals surface area contributed by atoms with Crippen molar-refractivity contribution in [2.24, 2.45) is 5.92 Å². The molecule has 0 atom stereocenters. The topological polar surface area (TPSA) is 57.6 Å². The Balaban J connectivity index is 0.00000124. The van der Waals surface area contributed by atoms with Gasteiger partial charge in [-0.1, -0.05) is 36.4 Å². The minimum Gasteiger partial charge on any atom is -0.478 e. The second-order valence-corrected chi connectivity index (χ2v) is 10.6. The van der Waals surface area contributed by atoms with E-state index in [4.69, 9.17) is 4.79 Å². The Morgan fingerprint density at radius 2 is 1.71 bits per heavy atom. The first kappa shape index (κ1) is 30.3. The third-order valence-corrected chi connectivity index (χ3v) is 7.74. The van der Waals surface area contributed by atoms with Crippen LogP contribution in [0.2, 0.25) is 0 Å². The van der Waals surface area contributed by atoms with Gasteiger partial charge in [-0.15, -0.1) is 0 Å². The van der Waals surface area contributed by atoms with Crippen molar-refractivity contribution in [2.45, 2.75) is 45.7 Å². The molecule has 1 aliphatic heterocycles. The molecule has 0 radical (unpaired) electrons. The van der Waals surface area contributed by atoms with Gasteiger partial charge in [-0.05, 0) is 114 Å². The van der Waals surface area contributed by atoms with Gasteiger partial charge in [0.2, 0.25) is 0 Å². The van der Waals surface area contributed by atoms with Crippen LogP contribution < -0.4 is 0 Å². The number of aryl methyl sites for hydroxylation is 1. The van der Waals surface area contributed by atoms with Crippen LogP contribution in [0.3, 0.4) is 0 Å². The van der Waals surface area contributed by atoms with E-state index in [-0.39, 0.29) is 12.2 Å². The minimum absolute atomic E-state index is 0.245. The SMILES string of the molecule is CC=O.O=C(O)c1ccc2c(c1)CCCC(c1ccc(F)cc1CF)=C2c1ccc(CC2CN(CCCF)C2)cc1. The maximum atomic E-state index is 14.0. The smallest absolute Gasteiger partial charge is 0.335 e. The van der Waals surface area contributed by atoms with E-state index in [9.17, 15) is 23.1 Å². The number of fused-ring (bicyclic) bond motifs is 1. The maximum Gasteiger partial charge on any atom is 0.335 e. The number of carbonyl (C=O) groups is 2. The van der Waals surface area contributed by atoms with Crippen LogP contribution in [0, 0.1) is 11.7 Å². The first-order valence-corrected chi connectivity index (χ1v) is 14.1. The zero-order valence-corrected chi connectivity index (χ0v) is 23.3. The summed E-state index contributed by atoms with van der Waals surface area (Å²) in [5.41, 5.74) is 7.26. The summed E-state index contributed by atoms with van der Waals surface area (Å²) in [6.45, 7) is 3.21. The Hall–Kier alpha value is -3.71. The Morgan fingerprint density at radius 3 is 2.37 bits per heavy atom. The lowest BCUT2D eigenvalue weighted by Gasteiger charge is -2.39. The molecule has 0 bridgehead atoms. The summed E-state index contributed by atoms with van der Waals surface area (Å²) in [4.78, 5) is 22.7. The summed E-state index contributed by atoms with van der Waals surface area (Å²) in [6.07, 6.45) is 4.45. The van der Waals surface area contributed by atoms with Crippen molar-refractivity contribution in [1.82, 2.24) is 4.90 Å². The number of hydrogen-bond acceptors (Lipinski definition) is 3. The van der Waals surface area contributed by atoms with Gasteiger partial charge in [0, 0.05) is 19.6 Å². The van der Waals surface area contributed by atoms with Gasteiger partial charge in [0.25, 0.3) is 0 Å². The van der Waals surface area contributed by atoms with Crippen LogP contribution in [-0.4, -0.2) is 48.6 Å². The number of aromatic carboxylic acids is 1. The number of nitrogens with zero attached hydrogens (tertiary/aromatic N) is 1. The van der Waals surface area contributed by atoms with Crippen molar-refractivity contribution in [3.8, 4) is 0 Å². The molecular formula is C34H36F3NO3. The van der Waals surface area contributed by atoms with Gasteiger partial charge in [-0.2, -0.15) is 0 Å². The molecule has 3 aromatic carbocycles. The molecule has 1 aliphatic carbocycles. The zero-order chi connectivity index (χ0) is 29.4. The molecule has 3 aromatic rings. The normalized spacial score (nSPS) is 15.3. The molecule has 0 aromatic heterocycles. The molecule has 0 unspecified atom stereocenters. The predicted octanol–water partition coefficient (Wildman–Crippen LogP) is 7.33. The summed E-state index contributed by atoms with van der Waals surface area (Å²) in [7, 11) is 0. The molecule has 1 heterocycles. The Kier molecular flexibility index (Phi) is 10.5. The number of likely N-dealkylation sites (tertiary alicyclic amines) is 1. The molecule has 7 heteroatoms. The molecule has 2 aliphatic rings. The fourth-order valence-corrected chi connectivity index (χ4v) is 5.90. The van der Waals surface area contributed by atoms with Gasteiger partial charge in [-0.3, -0.25) is 4.39 Å². The third kappa shape index (κ3) is 7.33. The van der Waals surface area contributed by atoms with Crippen molar-refractivity contribution < 1.29 is 27.9 Å². The molecule has 1 saturated heterocycles. The number of rotatable bonds is 9. The van der Waals surface area contributed by atoms with E-state index in [2.05, 4.69) is 29.2 Å². The molecule has 216 valence electrons. The summed E-state index contributed by atoms with van der Waals surface area (Å²) in [6, 6.07) is 17.9. The zero-order valence-electron chi connectivity index (χ0n) is 23.3. The van der Waals surface area contributed by atoms with Crippen molar-refractivity contribution in [2.75, 3.05) is 26.3 Å². The largest absolute Gasteiger partial charge is 0.478 e. The van der Waals surface area contributed by atoms with Crippen molar-refractivity contribution in [1.29, 1.82) is 0 Å². The lowest BCUT2D eigenvalue weighted by molar-refractivity contribution is -0.106. The maximum absolute atomic E-state index is 14.0. The number of hydrogen-bond donors (Lipinski definition) is 1. The summed E-state index contributed by atoms with van der Waals surface area (Å²) < 4.78 is 40.4. The van der Waals surface area contributed by atoms with Crippen LogP contribution in [0.4, 0.5) is 13.2 Å². The van der Waals surface area contributed by atoms with Crippen LogP contribution in [0.25, 0.3) is 11.1 Å². The summed E-state index contributed by atoms with van der Waals surface area (Å²) in [5.74, 6) is -0.869. The molecular weight excluding hydrogens is 527 g/mol. The second-order valence-electron chi connectivity index (χ2n) is 10.6. The first-order chi connectivity index (χ1) is 19.9. The highest BCUT2D eigenvalue weighted by Gasteiger charge is 2.27. The highest BCUT2D eigenvalue weighted by atomic mass is 19.1. The van der Waals surface area contributed by atoms with Gasteiger partial charge in [-0.25, -0.2) is 13.6 Å². The standard InChI is InChI=1S/C32H32F3NO2.C2H4O/c33-13-2-14-36-19-22(20-36)15-21-5-7-23(8-6-21)31-29-11-9-25(32(37)38)16-24(29)3-1-4-30(31)28-12-10-27(35)17-26(28)18-34;1-2-3/h5-12,16-17,22H,1-4,13-15,18-20H2,(H,37,38);2H,1H3. The number of allylic oxidation sites excluding steroid dienone is 1. The van der Waals surface area contributed by atoms with E-state index in [0.29, 0.717) is 36.3 Å². The van der Waals surface area contributed by atoms with Crippen molar-refractivity contribution in [3.05, 3.63) is 105 Å². The fourth-order valence-electron chi connectivity index (χ4n) is 5.90. The molecule has 5 rings (SSSR count). The third-order valence-electron chi connectivity index (χ3n) is 7.74. The van der Waals surface area contributed by atoms with E-state index in [0.717, 1.165) is 66.6 Å². The Bertz CT molecular complexity index is 1390. The highest BCUT2D eigenvalue weighted by Crippen LogP contribution is 2.41. The highest BCUT2D eigenvalue weighted by molar-refractivity contribution is 6.01. The molecule has 41 heavy (non-hydrogen) atoms. The first-order valence-electron chi connectivity index (χ1n) is 14.1. The molecule has 4 nitrogen and oxygen atoms in total. The quantitative estimate of drug-likeness (QED) is 0.277. The van der Waals surface area contributed by atoms with E-state index >= 15 is 0 Å². The lowest BCUT2D eigenvalue weighted by Crippen LogP contribution is -2.47. The number of benzene rings is 3. The number of carbonyl (C=O) groups excluding carboxylic acids is 1. The minimum atomic E-state index is -0.968. The number of alkyl halides is 2. The number of aldehydes is 1. The lowest BCUT2D eigenvalue weighted by atomic mass is 9.85. The molecule has 0 spiro atoms. The number of carboxylic acids is 1. The van der Waals surface area contributed by atoms with Gasteiger partial charge in [0.05, 0.1) is 12.2 Å². The summed E-state index contributed by atoms with van der Waals surface area (Å²) in [5, 5.41) is 9.54. The van der Waals surface area contributed by atoms with E-state index in [1.165, 1.54) is 24.6 Å². The van der Waals surface area contributed by atoms with Crippen LogP contribution in [-0.2, 0) is 24.3 Å². The van der Waals surface area contributed by atoms with Crippen LogP contribution in [0.15, 0.2) is 60.7 Å². The second kappa shape index (κ2) is 14.3. The number of halogens is 3. The molecule has 1 fully saturated rings. The van der Waals surface area contributed by atoms with Crippen molar-refractivity contribution >= 4 is 23.4 Å². The van der Waals surface area contributed by atoms with E-state index in [1.54, 1.807) is 18.2 Å². The van der Waals surface area contributed by atoms with Crippen LogP contribution in [0.1, 0.15) is 69.9 Å². The fraction of sp³-hybridized carbons (Fsp3) is 0.353. The van der Waals surface area contributed by atoms with Gasteiger partial charge in [0.15, 0.2) is 0 Å². The van der Waals surface area contributed by atoms with Crippen LogP contribution in [0.5, 0.6) is 0 Å².